The second kappa shape index (κ2) is 4.32. The van der Waals surface area contributed by atoms with Gasteiger partial charge < -0.3 is 9.47 Å². The Morgan fingerprint density at radius 1 is 1.14 bits per heavy atom. The normalized spacial score (nSPS) is 33.6. The van der Waals surface area contributed by atoms with Gasteiger partial charge in [0.05, 0.1) is 12.0 Å². The minimum Gasteiger partial charge on any atom is -0.447 e. The Balaban J connectivity index is 2.28. The number of nitrogens with zero attached hydrogens (tertiary/aromatic N) is 2. The zero-order valence-corrected chi connectivity index (χ0v) is 12.0. The van der Waals surface area contributed by atoms with Crippen molar-refractivity contribution in [1.82, 2.24) is 0 Å². The first-order chi connectivity index (χ1) is 10.4. The van der Waals surface area contributed by atoms with Gasteiger partial charge in [-0.25, -0.2) is 0 Å². The number of ether oxygens (including phenoxy) is 2. The summed E-state index contributed by atoms with van der Waals surface area (Å²) in [5.74, 6) is -2.68. The lowest BCUT2D eigenvalue weighted by Crippen LogP contribution is -2.69. The van der Waals surface area contributed by atoms with Crippen molar-refractivity contribution in [3.63, 3.8) is 0 Å². The monoisotopic (exact) mass is 296 g/mol. The summed E-state index contributed by atoms with van der Waals surface area (Å²) < 4.78 is 10.7. The number of hydrogen-bond acceptors (Lipinski definition) is 6. The predicted molar refractivity (Wildman–Crippen MR) is 71.8 cm³/mol. The van der Waals surface area contributed by atoms with E-state index in [1.807, 2.05) is 6.07 Å². The summed E-state index contributed by atoms with van der Waals surface area (Å²) >= 11 is 0. The molecule has 110 valence electrons. The molecule has 0 aliphatic heterocycles. The zero-order valence-electron chi connectivity index (χ0n) is 12.0. The van der Waals surface area contributed by atoms with Crippen molar-refractivity contribution in [1.29, 1.82) is 10.5 Å². The maximum absolute atomic E-state index is 11.6. The minimum atomic E-state index is -1.69. The Labute approximate surface area is 126 Å². The van der Waals surface area contributed by atoms with Crippen LogP contribution in [0.2, 0.25) is 0 Å². The third-order valence-electron chi connectivity index (χ3n) is 4.37. The number of hydrogen-bond donors (Lipinski definition) is 0. The van der Waals surface area contributed by atoms with Crippen molar-refractivity contribution in [2.45, 2.75) is 31.0 Å². The van der Waals surface area contributed by atoms with Gasteiger partial charge in [-0.3, -0.25) is 9.59 Å². The first-order valence-electron chi connectivity index (χ1n) is 6.74. The number of benzene rings is 1. The van der Waals surface area contributed by atoms with Crippen LogP contribution in [0.1, 0.15) is 30.9 Å². The number of rotatable bonds is 2. The van der Waals surface area contributed by atoms with E-state index in [-0.39, 0.29) is 0 Å². The highest BCUT2D eigenvalue weighted by Crippen LogP contribution is 2.73. The molecule has 1 fully saturated rings. The van der Waals surface area contributed by atoms with Crippen molar-refractivity contribution < 1.29 is 19.1 Å². The van der Waals surface area contributed by atoms with E-state index in [1.54, 1.807) is 24.3 Å². The average molecular weight is 296 g/mol. The summed E-state index contributed by atoms with van der Waals surface area (Å²) in [6.07, 6.45) is 0. The van der Waals surface area contributed by atoms with Crippen LogP contribution in [0, 0.1) is 28.6 Å². The highest BCUT2D eigenvalue weighted by atomic mass is 16.6. The summed E-state index contributed by atoms with van der Waals surface area (Å²) in [6.45, 7) is 2.39. The lowest BCUT2D eigenvalue weighted by Gasteiger charge is -2.54. The first kappa shape index (κ1) is 14.1. The number of nitriles is 2. The van der Waals surface area contributed by atoms with Gasteiger partial charge in [0.15, 0.2) is 0 Å². The van der Waals surface area contributed by atoms with E-state index in [0.29, 0.717) is 11.1 Å². The van der Waals surface area contributed by atoms with Gasteiger partial charge in [-0.15, -0.1) is 0 Å². The smallest absolute Gasteiger partial charge is 0.304 e. The molecule has 0 amide bonds. The van der Waals surface area contributed by atoms with Gasteiger partial charge in [0.2, 0.25) is 11.2 Å². The van der Waals surface area contributed by atoms with Crippen LogP contribution in [0.4, 0.5) is 0 Å². The molecule has 0 heterocycles. The topological polar surface area (TPSA) is 100 Å². The molecule has 22 heavy (non-hydrogen) atoms. The minimum absolute atomic E-state index is 0.560. The van der Waals surface area contributed by atoms with Crippen LogP contribution in [0.5, 0.6) is 0 Å². The molecule has 0 N–H and O–H groups in total. The number of carbonyl (C=O) groups excluding carboxylic acids is 2. The van der Waals surface area contributed by atoms with Crippen LogP contribution >= 0.6 is 0 Å². The lowest BCUT2D eigenvalue weighted by molar-refractivity contribution is -0.253. The van der Waals surface area contributed by atoms with E-state index >= 15 is 0 Å². The highest BCUT2D eigenvalue weighted by Gasteiger charge is 2.85. The Kier molecular flexibility index (Phi) is 2.76. The van der Waals surface area contributed by atoms with Gasteiger partial charge >= 0.3 is 11.9 Å². The van der Waals surface area contributed by atoms with E-state index in [4.69, 9.17) is 9.47 Å². The third kappa shape index (κ3) is 1.32. The molecule has 3 aliphatic rings. The van der Waals surface area contributed by atoms with E-state index in [2.05, 4.69) is 6.07 Å². The van der Waals surface area contributed by atoms with Gasteiger partial charge in [-0.2, -0.15) is 10.5 Å². The van der Waals surface area contributed by atoms with Crippen molar-refractivity contribution in [3.05, 3.63) is 35.4 Å². The lowest BCUT2D eigenvalue weighted by atomic mass is 9.55. The van der Waals surface area contributed by atoms with Crippen LogP contribution < -0.4 is 0 Å². The molecule has 6 nitrogen and oxygen atoms in total. The van der Waals surface area contributed by atoms with Gasteiger partial charge in [0.25, 0.3) is 0 Å². The molecule has 0 aromatic heterocycles. The van der Waals surface area contributed by atoms with Gasteiger partial charge in [0.1, 0.15) is 12.0 Å². The quantitative estimate of drug-likeness (QED) is 0.767. The van der Waals surface area contributed by atoms with E-state index in [9.17, 15) is 20.1 Å². The number of esters is 2. The fraction of sp³-hybridized carbons (Fsp3) is 0.375. The summed E-state index contributed by atoms with van der Waals surface area (Å²) in [6, 6.07) is 11.1. The van der Waals surface area contributed by atoms with Crippen LogP contribution in [0.25, 0.3) is 0 Å². The first-order valence-corrected chi connectivity index (χ1v) is 6.74. The standard InChI is InChI=1S/C16H12N2O4/c1-9(19)21-15(8-18)14-11-5-3-4-6-12(11)16(15,13(14)7-17)22-10(2)20/h3-6,13-14H,1-2H3/t13-,14+,15-,16+/m0/s1. The molecule has 1 aromatic rings. The van der Waals surface area contributed by atoms with Crippen LogP contribution in [0.3, 0.4) is 0 Å². The molecule has 6 heteroatoms. The number of carbonyl (C=O) groups is 2. The van der Waals surface area contributed by atoms with Gasteiger partial charge in [-0.05, 0) is 5.56 Å². The molecule has 4 rings (SSSR count). The van der Waals surface area contributed by atoms with E-state index in [1.165, 1.54) is 13.8 Å². The van der Waals surface area contributed by atoms with Crippen molar-refractivity contribution in [2.75, 3.05) is 0 Å². The predicted octanol–water partition coefficient (Wildman–Crippen LogP) is 1.52. The maximum atomic E-state index is 11.6. The third-order valence-corrected chi connectivity index (χ3v) is 4.37. The van der Waals surface area contributed by atoms with E-state index in [0.717, 1.165) is 0 Å². The summed E-state index contributed by atoms with van der Waals surface area (Å²) in [5.41, 5.74) is -1.98. The second-order valence-corrected chi connectivity index (χ2v) is 5.44. The summed E-state index contributed by atoms with van der Waals surface area (Å²) in [5, 5.41) is 19.2. The Bertz CT molecular complexity index is 775. The molecular formula is C16H12N2O4. The molecule has 2 bridgehead atoms. The van der Waals surface area contributed by atoms with Crippen molar-refractivity contribution in [2.24, 2.45) is 5.92 Å². The second-order valence-electron chi connectivity index (χ2n) is 5.44. The van der Waals surface area contributed by atoms with Crippen molar-refractivity contribution >= 4 is 11.9 Å². The molecule has 4 atom stereocenters. The molecule has 1 saturated carbocycles. The fourth-order valence-electron chi connectivity index (χ4n) is 3.84. The highest BCUT2D eigenvalue weighted by molar-refractivity contribution is 5.74. The van der Waals surface area contributed by atoms with Crippen molar-refractivity contribution in [3.8, 4) is 12.1 Å². The Morgan fingerprint density at radius 3 is 2.32 bits per heavy atom. The summed E-state index contributed by atoms with van der Waals surface area (Å²) in [7, 11) is 0. The Morgan fingerprint density at radius 2 is 1.77 bits per heavy atom. The molecule has 0 saturated heterocycles. The zero-order chi connectivity index (χ0) is 16.1. The van der Waals surface area contributed by atoms with Crippen LogP contribution in [-0.2, 0) is 24.7 Å². The summed E-state index contributed by atoms with van der Waals surface area (Å²) in [4.78, 5) is 23.1. The van der Waals surface area contributed by atoms with E-state index < -0.39 is 35.0 Å². The molecule has 1 aromatic carbocycles. The molecule has 0 radical (unpaired) electrons. The SMILES string of the molecule is CC(=O)O[C@@]1(C#N)[C@@H]2c3ccccc3[C@@]1(OC(C)=O)[C@H]2C#N. The molecular weight excluding hydrogens is 284 g/mol. The van der Waals surface area contributed by atoms with Gasteiger partial charge in [-0.1, -0.05) is 24.3 Å². The average Bonchev–Trinajstić information content (AvgIpc) is 2.87. The largest absolute Gasteiger partial charge is 0.447 e. The molecule has 0 unspecified atom stereocenters. The maximum Gasteiger partial charge on any atom is 0.304 e. The Hall–Kier alpha value is -2.86. The molecule has 0 spiro atoms. The van der Waals surface area contributed by atoms with Crippen LogP contribution in [-0.4, -0.2) is 17.5 Å². The fourth-order valence-corrected chi connectivity index (χ4v) is 3.84. The van der Waals surface area contributed by atoms with Gasteiger partial charge in [0, 0.05) is 19.4 Å². The molecule has 3 aliphatic carbocycles. The van der Waals surface area contributed by atoms with Crippen LogP contribution in [0.15, 0.2) is 24.3 Å².